The van der Waals surface area contributed by atoms with Gasteiger partial charge in [0.1, 0.15) is 5.75 Å². The lowest BCUT2D eigenvalue weighted by molar-refractivity contribution is 0.0190. The van der Waals surface area contributed by atoms with Crippen LogP contribution in [-0.4, -0.2) is 31.5 Å². The average Bonchev–Trinajstić information content (AvgIpc) is 2.95. The normalized spacial score (nSPS) is 24.4. The van der Waals surface area contributed by atoms with Crippen molar-refractivity contribution in [2.24, 2.45) is 11.1 Å². The third-order valence-electron chi connectivity index (χ3n) is 3.79. The fourth-order valence-corrected chi connectivity index (χ4v) is 2.43. The van der Waals surface area contributed by atoms with Crippen LogP contribution in [0.4, 0.5) is 0 Å². The van der Waals surface area contributed by atoms with Gasteiger partial charge in [0.25, 0.3) is 0 Å². The third-order valence-corrected chi connectivity index (χ3v) is 3.79. The summed E-state index contributed by atoms with van der Waals surface area (Å²) in [6, 6.07) is 7.61. The molecule has 2 unspecified atom stereocenters. The van der Waals surface area contributed by atoms with E-state index in [9.17, 15) is 5.11 Å². The molecule has 1 saturated heterocycles. The molecule has 19 heavy (non-hydrogen) atoms. The predicted molar refractivity (Wildman–Crippen MR) is 74.1 cm³/mol. The number of hydrogen-bond donors (Lipinski definition) is 2. The first-order chi connectivity index (χ1) is 9.22. The van der Waals surface area contributed by atoms with Crippen LogP contribution in [0.5, 0.6) is 5.75 Å². The van der Waals surface area contributed by atoms with Gasteiger partial charge in [-0.25, -0.2) is 0 Å². The molecule has 0 amide bonds. The van der Waals surface area contributed by atoms with Crippen molar-refractivity contribution in [3.63, 3.8) is 0 Å². The van der Waals surface area contributed by atoms with E-state index in [0.717, 1.165) is 24.2 Å². The lowest BCUT2D eigenvalue weighted by Crippen LogP contribution is -2.37. The van der Waals surface area contributed by atoms with Crippen LogP contribution in [0.25, 0.3) is 0 Å². The molecule has 1 aliphatic heterocycles. The lowest BCUT2D eigenvalue weighted by atomic mass is 9.78. The van der Waals surface area contributed by atoms with Crippen molar-refractivity contribution in [2.45, 2.75) is 25.9 Å². The second kappa shape index (κ2) is 6.37. The Morgan fingerprint density at radius 3 is 2.68 bits per heavy atom. The summed E-state index contributed by atoms with van der Waals surface area (Å²) in [5.41, 5.74) is 6.37. The molecule has 4 nitrogen and oxygen atoms in total. The van der Waals surface area contributed by atoms with E-state index in [-0.39, 0.29) is 5.41 Å². The first kappa shape index (κ1) is 14.3. The van der Waals surface area contributed by atoms with Crippen LogP contribution in [0.1, 0.15) is 31.4 Å². The van der Waals surface area contributed by atoms with Crippen LogP contribution >= 0.6 is 0 Å². The molecular formula is C15H23NO3. The zero-order valence-electron chi connectivity index (χ0n) is 11.5. The average molecular weight is 265 g/mol. The summed E-state index contributed by atoms with van der Waals surface area (Å²) in [6.45, 7) is 4.42. The minimum absolute atomic E-state index is 0.341. The maximum absolute atomic E-state index is 10.5. The van der Waals surface area contributed by atoms with Gasteiger partial charge < -0.3 is 20.3 Å². The SMILES string of the molecule is CCCOc1ccc(C(O)C2(CN)CCOC2)cc1. The van der Waals surface area contributed by atoms with Crippen molar-refractivity contribution in [3.8, 4) is 5.75 Å². The van der Waals surface area contributed by atoms with Crippen LogP contribution in [0.3, 0.4) is 0 Å². The highest BCUT2D eigenvalue weighted by molar-refractivity contribution is 5.29. The summed E-state index contributed by atoms with van der Waals surface area (Å²) in [7, 11) is 0. The maximum Gasteiger partial charge on any atom is 0.119 e. The summed E-state index contributed by atoms with van der Waals surface area (Å²) >= 11 is 0. The molecule has 1 aromatic carbocycles. The Kier molecular flexibility index (Phi) is 4.80. The Labute approximate surface area is 114 Å². The monoisotopic (exact) mass is 265 g/mol. The minimum atomic E-state index is -0.583. The van der Waals surface area contributed by atoms with E-state index in [4.69, 9.17) is 15.2 Å². The first-order valence-corrected chi connectivity index (χ1v) is 6.90. The van der Waals surface area contributed by atoms with Gasteiger partial charge in [0.2, 0.25) is 0 Å². The van der Waals surface area contributed by atoms with Crippen molar-refractivity contribution in [1.29, 1.82) is 0 Å². The number of aliphatic hydroxyl groups is 1. The van der Waals surface area contributed by atoms with Gasteiger partial charge in [-0.1, -0.05) is 19.1 Å². The van der Waals surface area contributed by atoms with Crippen molar-refractivity contribution in [3.05, 3.63) is 29.8 Å². The van der Waals surface area contributed by atoms with Crippen molar-refractivity contribution < 1.29 is 14.6 Å². The largest absolute Gasteiger partial charge is 0.494 e. The standard InChI is InChI=1S/C15H23NO3/c1-2-8-19-13-5-3-12(4-6-13)14(17)15(10-16)7-9-18-11-15/h3-6,14,17H,2,7-11,16H2,1H3. The summed E-state index contributed by atoms with van der Waals surface area (Å²) < 4.78 is 10.9. The van der Waals surface area contributed by atoms with Gasteiger partial charge in [0.15, 0.2) is 0 Å². The van der Waals surface area contributed by atoms with Crippen LogP contribution in [0, 0.1) is 5.41 Å². The maximum atomic E-state index is 10.5. The molecule has 106 valence electrons. The number of rotatable bonds is 6. The van der Waals surface area contributed by atoms with E-state index < -0.39 is 6.10 Å². The molecule has 1 fully saturated rings. The van der Waals surface area contributed by atoms with Gasteiger partial charge in [0, 0.05) is 18.6 Å². The highest BCUT2D eigenvalue weighted by atomic mass is 16.5. The highest BCUT2D eigenvalue weighted by Gasteiger charge is 2.41. The molecule has 0 spiro atoms. The molecule has 1 heterocycles. The first-order valence-electron chi connectivity index (χ1n) is 6.90. The Morgan fingerprint density at radius 1 is 1.42 bits per heavy atom. The second-order valence-corrected chi connectivity index (χ2v) is 5.19. The lowest BCUT2D eigenvalue weighted by Gasteiger charge is -2.31. The van der Waals surface area contributed by atoms with Gasteiger partial charge in [0.05, 0.1) is 19.3 Å². The van der Waals surface area contributed by atoms with Crippen LogP contribution in [0.15, 0.2) is 24.3 Å². The minimum Gasteiger partial charge on any atom is -0.494 e. The molecule has 4 heteroatoms. The van der Waals surface area contributed by atoms with E-state index in [1.165, 1.54) is 0 Å². The number of nitrogens with two attached hydrogens (primary N) is 1. The zero-order valence-corrected chi connectivity index (χ0v) is 11.5. The van der Waals surface area contributed by atoms with E-state index in [2.05, 4.69) is 6.92 Å². The molecule has 3 N–H and O–H groups in total. The van der Waals surface area contributed by atoms with Gasteiger partial charge in [-0.15, -0.1) is 0 Å². The topological polar surface area (TPSA) is 64.7 Å². The van der Waals surface area contributed by atoms with Crippen molar-refractivity contribution in [1.82, 2.24) is 0 Å². The fourth-order valence-electron chi connectivity index (χ4n) is 2.43. The molecule has 0 bridgehead atoms. The Hall–Kier alpha value is -1.10. The summed E-state index contributed by atoms with van der Waals surface area (Å²) in [5, 5.41) is 10.5. The van der Waals surface area contributed by atoms with Gasteiger partial charge >= 0.3 is 0 Å². The van der Waals surface area contributed by atoms with Crippen LogP contribution < -0.4 is 10.5 Å². The molecule has 0 saturated carbocycles. The Bertz CT molecular complexity index is 385. The summed E-state index contributed by atoms with van der Waals surface area (Å²) in [5.74, 6) is 0.835. The van der Waals surface area contributed by atoms with E-state index in [1.54, 1.807) is 0 Å². The molecule has 0 aromatic heterocycles. The number of hydrogen-bond acceptors (Lipinski definition) is 4. The Balaban J connectivity index is 2.08. The molecule has 0 radical (unpaired) electrons. The highest BCUT2D eigenvalue weighted by Crippen LogP contribution is 2.40. The third kappa shape index (κ3) is 3.08. The molecule has 1 aliphatic rings. The van der Waals surface area contributed by atoms with Crippen LogP contribution in [-0.2, 0) is 4.74 Å². The van der Waals surface area contributed by atoms with E-state index >= 15 is 0 Å². The molecular weight excluding hydrogens is 242 g/mol. The predicted octanol–water partition coefficient (Wildman–Crippen LogP) is 1.87. The van der Waals surface area contributed by atoms with E-state index in [1.807, 2.05) is 24.3 Å². The van der Waals surface area contributed by atoms with Gasteiger partial charge in [-0.05, 0) is 30.5 Å². The number of ether oxygens (including phenoxy) is 2. The molecule has 2 rings (SSSR count). The molecule has 2 atom stereocenters. The van der Waals surface area contributed by atoms with Crippen LogP contribution in [0.2, 0.25) is 0 Å². The van der Waals surface area contributed by atoms with Gasteiger partial charge in [-0.3, -0.25) is 0 Å². The number of benzene rings is 1. The zero-order chi connectivity index (χ0) is 13.7. The smallest absolute Gasteiger partial charge is 0.119 e. The molecule has 1 aromatic rings. The fraction of sp³-hybridized carbons (Fsp3) is 0.600. The second-order valence-electron chi connectivity index (χ2n) is 5.19. The quantitative estimate of drug-likeness (QED) is 0.824. The Morgan fingerprint density at radius 2 is 2.16 bits per heavy atom. The summed E-state index contributed by atoms with van der Waals surface area (Å²) in [4.78, 5) is 0. The molecule has 0 aliphatic carbocycles. The van der Waals surface area contributed by atoms with Crippen molar-refractivity contribution >= 4 is 0 Å². The van der Waals surface area contributed by atoms with Crippen molar-refractivity contribution in [2.75, 3.05) is 26.4 Å². The number of aliphatic hydroxyl groups excluding tert-OH is 1. The summed E-state index contributed by atoms with van der Waals surface area (Å²) in [6.07, 6.45) is 1.21. The van der Waals surface area contributed by atoms with E-state index in [0.29, 0.717) is 26.4 Å². The van der Waals surface area contributed by atoms with Gasteiger partial charge in [-0.2, -0.15) is 0 Å².